The Labute approximate surface area is 194 Å². The summed E-state index contributed by atoms with van der Waals surface area (Å²) >= 11 is 0. The summed E-state index contributed by atoms with van der Waals surface area (Å²) in [6.07, 6.45) is 3.35. The number of ether oxygens (including phenoxy) is 1. The van der Waals surface area contributed by atoms with Gasteiger partial charge in [0.2, 0.25) is 0 Å². The monoisotopic (exact) mass is 445 g/mol. The molecule has 1 aliphatic carbocycles. The molecule has 1 amide bonds. The average Bonchev–Trinajstić information content (AvgIpc) is 2.67. The van der Waals surface area contributed by atoms with Crippen LogP contribution in [0.15, 0.2) is 30.3 Å². The molecule has 1 aliphatic rings. The summed E-state index contributed by atoms with van der Waals surface area (Å²) in [5, 5.41) is 12.8. The molecule has 1 unspecified atom stereocenters. The fraction of sp³-hybridized carbons (Fsp3) is 0.704. The fourth-order valence-corrected chi connectivity index (χ4v) is 5.38. The Morgan fingerprint density at radius 2 is 1.72 bits per heavy atom. The van der Waals surface area contributed by atoms with Gasteiger partial charge in [-0.3, -0.25) is 4.79 Å². The molecular formula is C27H43NO4. The number of nitrogens with one attached hydrogen (secondary N) is 1. The smallest absolute Gasteiger partial charge is 0.407 e. The molecule has 2 rings (SSSR count). The van der Waals surface area contributed by atoms with Crippen molar-refractivity contribution in [3.05, 3.63) is 35.9 Å². The van der Waals surface area contributed by atoms with E-state index in [1.807, 2.05) is 39.0 Å². The highest BCUT2D eigenvalue weighted by Crippen LogP contribution is 2.47. The van der Waals surface area contributed by atoms with Gasteiger partial charge in [0.05, 0.1) is 5.92 Å². The lowest BCUT2D eigenvalue weighted by Gasteiger charge is -2.45. The molecule has 0 spiro atoms. The van der Waals surface area contributed by atoms with E-state index in [0.717, 1.165) is 12.0 Å². The summed E-state index contributed by atoms with van der Waals surface area (Å²) in [6.45, 7) is 14.1. The van der Waals surface area contributed by atoms with Crippen molar-refractivity contribution in [2.75, 3.05) is 0 Å². The predicted octanol–water partition coefficient (Wildman–Crippen LogP) is 6.48. The molecule has 0 aliphatic heterocycles. The topological polar surface area (TPSA) is 75.6 Å². The highest BCUT2D eigenvalue weighted by molar-refractivity contribution is 5.70. The van der Waals surface area contributed by atoms with Gasteiger partial charge in [-0.05, 0) is 69.3 Å². The molecule has 2 N–H and O–H groups in total. The van der Waals surface area contributed by atoms with Gasteiger partial charge in [0.15, 0.2) is 0 Å². The Morgan fingerprint density at radius 3 is 2.25 bits per heavy atom. The number of carbonyl (C=O) groups excluding carboxylic acids is 1. The molecule has 5 heteroatoms. The minimum absolute atomic E-state index is 0.0284. The predicted molar refractivity (Wildman–Crippen MR) is 129 cm³/mol. The zero-order chi connectivity index (χ0) is 24.1. The van der Waals surface area contributed by atoms with Crippen LogP contribution in [0.1, 0.15) is 85.6 Å². The van der Waals surface area contributed by atoms with E-state index in [1.165, 1.54) is 12.8 Å². The highest BCUT2D eigenvalue weighted by atomic mass is 16.6. The number of alkyl carbamates (subject to hydrolysis) is 1. The molecule has 1 fully saturated rings. The van der Waals surface area contributed by atoms with Crippen LogP contribution in [0.4, 0.5) is 4.79 Å². The molecule has 0 aromatic heterocycles. The van der Waals surface area contributed by atoms with Gasteiger partial charge in [-0.2, -0.15) is 0 Å². The van der Waals surface area contributed by atoms with Crippen LogP contribution in [0.5, 0.6) is 0 Å². The van der Waals surface area contributed by atoms with Crippen molar-refractivity contribution in [3.8, 4) is 0 Å². The van der Waals surface area contributed by atoms with Crippen LogP contribution in [0.3, 0.4) is 0 Å². The first kappa shape index (κ1) is 26.2. The normalized spacial score (nSPS) is 24.4. The van der Waals surface area contributed by atoms with E-state index in [0.29, 0.717) is 30.1 Å². The number of hydrogen-bond donors (Lipinski definition) is 2. The summed E-state index contributed by atoms with van der Waals surface area (Å²) in [5.74, 6) is 0.644. The second kappa shape index (κ2) is 11.2. The van der Waals surface area contributed by atoms with Crippen molar-refractivity contribution in [2.24, 2.45) is 29.6 Å². The van der Waals surface area contributed by atoms with Gasteiger partial charge in [0.25, 0.3) is 0 Å². The van der Waals surface area contributed by atoms with Crippen molar-refractivity contribution < 1.29 is 19.4 Å². The molecule has 5 nitrogen and oxygen atoms in total. The highest BCUT2D eigenvalue weighted by Gasteiger charge is 2.41. The quantitative estimate of drug-likeness (QED) is 0.480. The van der Waals surface area contributed by atoms with Gasteiger partial charge >= 0.3 is 12.1 Å². The van der Waals surface area contributed by atoms with Crippen molar-refractivity contribution in [1.82, 2.24) is 5.32 Å². The third-order valence-corrected chi connectivity index (χ3v) is 6.88. The molecule has 1 saturated carbocycles. The van der Waals surface area contributed by atoms with Gasteiger partial charge in [0, 0.05) is 12.0 Å². The zero-order valence-corrected chi connectivity index (χ0v) is 20.9. The lowest BCUT2D eigenvalue weighted by Crippen LogP contribution is -2.47. The third-order valence-electron chi connectivity index (χ3n) is 6.88. The number of hydrogen-bond acceptors (Lipinski definition) is 3. The van der Waals surface area contributed by atoms with Crippen molar-refractivity contribution >= 4 is 12.1 Å². The average molecular weight is 446 g/mol. The largest absolute Gasteiger partial charge is 0.481 e. The first-order valence-corrected chi connectivity index (χ1v) is 12.2. The Morgan fingerprint density at radius 1 is 1.09 bits per heavy atom. The van der Waals surface area contributed by atoms with E-state index in [4.69, 9.17) is 4.74 Å². The van der Waals surface area contributed by atoms with E-state index in [1.54, 1.807) is 6.92 Å². The summed E-state index contributed by atoms with van der Waals surface area (Å²) < 4.78 is 5.58. The summed E-state index contributed by atoms with van der Waals surface area (Å²) in [6, 6.07) is 9.98. The summed E-state index contributed by atoms with van der Waals surface area (Å²) in [7, 11) is 0. The number of aliphatic carboxylic acids is 1. The first-order valence-electron chi connectivity index (χ1n) is 12.2. The third kappa shape index (κ3) is 7.53. The Hall–Kier alpha value is -2.04. The van der Waals surface area contributed by atoms with Crippen LogP contribution in [0.25, 0.3) is 0 Å². The Kier molecular flexibility index (Phi) is 9.18. The number of carbonyl (C=O) groups is 2. The van der Waals surface area contributed by atoms with Crippen molar-refractivity contribution in [1.29, 1.82) is 0 Å². The van der Waals surface area contributed by atoms with Crippen LogP contribution in [-0.4, -0.2) is 28.8 Å². The Balaban J connectivity index is 2.50. The Bertz CT molecular complexity index is 740. The van der Waals surface area contributed by atoms with E-state index in [9.17, 15) is 14.7 Å². The molecular weight excluding hydrogens is 402 g/mol. The first-order chi connectivity index (χ1) is 14.9. The van der Waals surface area contributed by atoms with Crippen LogP contribution in [0.2, 0.25) is 0 Å². The number of benzene rings is 1. The molecule has 0 saturated heterocycles. The van der Waals surface area contributed by atoms with Crippen LogP contribution < -0.4 is 5.32 Å². The van der Waals surface area contributed by atoms with Gasteiger partial charge in [0.1, 0.15) is 5.60 Å². The van der Waals surface area contributed by atoms with E-state index < -0.39 is 23.6 Å². The molecule has 1 aromatic carbocycles. The molecule has 0 bridgehead atoms. The maximum absolute atomic E-state index is 12.8. The van der Waals surface area contributed by atoms with Gasteiger partial charge < -0.3 is 15.2 Å². The molecule has 1 aromatic rings. The molecule has 32 heavy (non-hydrogen) atoms. The van der Waals surface area contributed by atoms with Crippen LogP contribution >= 0.6 is 0 Å². The van der Waals surface area contributed by atoms with E-state index >= 15 is 0 Å². The minimum atomic E-state index is -0.842. The SMILES string of the molecule is CC(C)[C@@H]1CC[C@@H](C)C[C@H]1C(c1ccccc1)[C@@H](C[C@H](C)C(=O)O)NC(=O)OC(C)(C)C. The molecule has 0 radical (unpaired) electrons. The lowest BCUT2D eigenvalue weighted by atomic mass is 9.62. The number of carboxylic acid groups (broad SMARTS) is 1. The van der Waals surface area contributed by atoms with Crippen LogP contribution in [0, 0.1) is 29.6 Å². The second-order valence-electron chi connectivity index (χ2n) is 11.2. The maximum Gasteiger partial charge on any atom is 0.407 e. The zero-order valence-electron chi connectivity index (χ0n) is 20.9. The van der Waals surface area contributed by atoms with Gasteiger partial charge in [-0.1, -0.05) is 64.4 Å². The van der Waals surface area contributed by atoms with E-state index in [-0.39, 0.29) is 12.0 Å². The second-order valence-corrected chi connectivity index (χ2v) is 11.2. The number of rotatable bonds is 8. The van der Waals surface area contributed by atoms with Crippen molar-refractivity contribution in [2.45, 2.75) is 91.7 Å². The standard InChI is InChI=1S/C27H43NO4/c1-17(2)21-14-13-18(3)15-22(21)24(20-11-9-8-10-12-20)23(16-19(4)25(29)30)28-26(31)32-27(5,6)7/h8-12,17-19,21-24H,13-16H2,1-7H3,(H,28,31)(H,29,30)/t18-,19+,21+,22-,23-,24?/m1/s1. The lowest BCUT2D eigenvalue weighted by molar-refractivity contribution is -0.141. The number of amides is 1. The van der Waals surface area contributed by atoms with Gasteiger partial charge in [-0.15, -0.1) is 0 Å². The van der Waals surface area contributed by atoms with Crippen LogP contribution in [-0.2, 0) is 9.53 Å². The molecule has 6 atom stereocenters. The fourth-order valence-electron chi connectivity index (χ4n) is 5.38. The van der Waals surface area contributed by atoms with E-state index in [2.05, 4.69) is 38.2 Å². The minimum Gasteiger partial charge on any atom is -0.481 e. The summed E-state index contributed by atoms with van der Waals surface area (Å²) in [5.41, 5.74) is 0.547. The molecule has 180 valence electrons. The van der Waals surface area contributed by atoms with Gasteiger partial charge in [-0.25, -0.2) is 4.79 Å². The maximum atomic E-state index is 12.8. The summed E-state index contributed by atoms with van der Waals surface area (Å²) in [4.78, 5) is 24.6. The number of carboxylic acids is 1. The molecule has 0 heterocycles. The van der Waals surface area contributed by atoms with Crippen molar-refractivity contribution in [3.63, 3.8) is 0 Å².